The number of aromatic nitrogens is 4. The third-order valence-corrected chi connectivity index (χ3v) is 4.35. The molecule has 1 aliphatic rings. The normalized spacial score (nSPS) is 13.9. The average Bonchev–Trinajstić information content (AvgIpc) is 3.37. The van der Waals surface area contributed by atoms with Gasteiger partial charge in [0.25, 0.3) is 0 Å². The number of rotatable bonds is 6. The van der Waals surface area contributed by atoms with Crippen LogP contribution in [0.2, 0.25) is 0 Å². The van der Waals surface area contributed by atoms with Gasteiger partial charge in [-0.15, -0.1) is 5.10 Å². The number of methoxy groups -OCH3 is 1. The van der Waals surface area contributed by atoms with E-state index in [1.54, 1.807) is 19.5 Å². The number of benzene rings is 1. The molecular weight excluding hydrogens is 328 g/mol. The van der Waals surface area contributed by atoms with E-state index in [4.69, 9.17) is 14.5 Å². The third-order valence-electron chi connectivity index (χ3n) is 4.35. The number of hydrogen-bond donors (Lipinski definition) is 0. The van der Waals surface area contributed by atoms with Gasteiger partial charge < -0.3 is 9.47 Å². The van der Waals surface area contributed by atoms with Gasteiger partial charge in [0.15, 0.2) is 5.82 Å². The lowest BCUT2D eigenvalue weighted by Gasteiger charge is -2.10. The summed E-state index contributed by atoms with van der Waals surface area (Å²) in [6.07, 6.45) is 9.90. The molecule has 2 aromatic heterocycles. The minimum Gasteiger partial charge on any atom is -0.497 e. The van der Waals surface area contributed by atoms with Gasteiger partial charge in [0.2, 0.25) is 0 Å². The highest BCUT2D eigenvalue weighted by Gasteiger charge is 2.22. The van der Waals surface area contributed by atoms with Crippen LogP contribution in [0.3, 0.4) is 0 Å². The zero-order valence-corrected chi connectivity index (χ0v) is 14.6. The highest BCUT2D eigenvalue weighted by molar-refractivity contribution is 5.33. The second-order valence-corrected chi connectivity index (χ2v) is 6.12. The molecule has 0 bridgehead atoms. The van der Waals surface area contributed by atoms with E-state index in [9.17, 15) is 0 Å². The topological polar surface area (TPSA) is 62.1 Å². The minimum absolute atomic E-state index is 0.299. The molecule has 1 aromatic carbocycles. The Morgan fingerprint density at radius 1 is 1.12 bits per heavy atom. The Hall–Kier alpha value is -3.15. The van der Waals surface area contributed by atoms with Crippen molar-refractivity contribution in [2.24, 2.45) is 0 Å². The maximum Gasteiger partial charge on any atom is 0.188 e. The van der Waals surface area contributed by atoms with Gasteiger partial charge in [0.05, 0.1) is 19.0 Å². The van der Waals surface area contributed by atoms with E-state index in [-0.39, 0.29) is 0 Å². The van der Waals surface area contributed by atoms with E-state index in [0.717, 1.165) is 35.9 Å². The van der Waals surface area contributed by atoms with Crippen molar-refractivity contribution in [3.05, 3.63) is 72.6 Å². The molecule has 6 nitrogen and oxygen atoms in total. The van der Waals surface area contributed by atoms with Crippen molar-refractivity contribution in [1.29, 1.82) is 0 Å². The van der Waals surface area contributed by atoms with Gasteiger partial charge in [-0.25, -0.2) is 9.67 Å². The maximum absolute atomic E-state index is 5.85. The Kier molecular flexibility index (Phi) is 4.64. The van der Waals surface area contributed by atoms with Gasteiger partial charge in [0, 0.05) is 18.2 Å². The quantitative estimate of drug-likeness (QED) is 0.636. The van der Waals surface area contributed by atoms with Crippen molar-refractivity contribution in [2.75, 3.05) is 7.11 Å². The maximum atomic E-state index is 5.85. The summed E-state index contributed by atoms with van der Waals surface area (Å²) in [7, 11) is 1.64. The zero-order valence-electron chi connectivity index (χ0n) is 14.6. The van der Waals surface area contributed by atoms with Crippen molar-refractivity contribution < 1.29 is 9.47 Å². The van der Waals surface area contributed by atoms with Crippen molar-refractivity contribution in [3.8, 4) is 17.2 Å². The van der Waals surface area contributed by atoms with Gasteiger partial charge in [-0.3, -0.25) is 4.98 Å². The third kappa shape index (κ3) is 3.44. The van der Waals surface area contributed by atoms with Crippen LogP contribution in [0.4, 0.5) is 0 Å². The number of nitrogens with zero attached hydrogens (tertiary/aromatic N) is 4. The molecule has 0 saturated heterocycles. The highest BCUT2D eigenvalue weighted by atomic mass is 16.5. The molecule has 0 saturated carbocycles. The van der Waals surface area contributed by atoms with Crippen LogP contribution in [-0.4, -0.2) is 26.9 Å². The van der Waals surface area contributed by atoms with Crippen LogP contribution in [-0.2, 0) is 6.61 Å². The molecule has 3 aromatic rings. The summed E-state index contributed by atoms with van der Waals surface area (Å²) >= 11 is 0. The van der Waals surface area contributed by atoms with Crippen molar-refractivity contribution >= 4 is 0 Å². The van der Waals surface area contributed by atoms with Crippen LogP contribution in [0.1, 0.15) is 30.4 Å². The number of ether oxygens (including phenoxy) is 2. The predicted octanol–water partition coefficient (Wildman–Crippen LogP) is 3.68. The molecule has 4 rings (SSSR count). The van der Waals surface area contributed by atoms with E-state index in [1.165, 1.54) is 0 Å². The first-order valence-corrected chi connectivity index (χ1v) is 8.61. The molecule has 0 unspecified atom stereocenters. The van der Waals surface area contributed by atoms with Crippen molar-refractivity contribution in [3.63, 3.8) is 0 Å². The Morgan fingerprint density at radius 3 is 2.73 bits per heavy atom. The fourth-order valence-electron chi connectivity index (χ4n) is 3.03. The van der Waals surface area contributed by atoms with E-state index in [1.807, 2.05) is 41.1 Å². The van der Waals surface area contributed by atoms with Crippen molar-refractivity contribution in [1.82, 2.24) is 19.7 Å². The van der Waals surface area contributed by atoms with Crippen molar-refractivity contribution in [2.45, 2.75) is 25.4 Å². The summed E-state index contributed by atoms with van der Waals surface area (Å²) in [4.78, 5) is 8.96. The molecule has 0 N–H and O–H groups in total. The Morgan fingerprint density at radius 2 is 1.96 bits per heavy atom. The summed E-state index contributed by atoms with van der Waals surface area (Å²) in [6.45, 7) is 0.299. The molecule has 0 aliphatic heterocycles. The average molecular weight is 348 g/mol. The van der Waals surface area contributed by atoms with E-state index < -0.39 is 0 Å². The number of pyridine rings is 1. The number of allylic oxidation sites excluding steroid dienone is 2. The van der Waals surface area contributed by atoms with Crippen LogP contribution in [0.15, 0.2) is 60.9 Å². The van der Waals surface area contributed by atoms with Crippen LogP contribution in [0, 0.1) is 0 Å². The summed E-state index contributed by atoms with van der Waals surface area (Å²) < 4.78 is 13.0. The predicted molar refractivity (Wildman–Crippen MR) is 97.6 cm³/mol. The first kappa shape index (κ1) is 16.3. The molecule has 0 amide bonds. The van der Waals surface area contributed by atoms with Crippen LogP contribution in [0.25, 0.3) is 5.69 Å². The molecular formula is C20H20N4O2. The molecule has 0 spiro atoms. The molecule has 2 heterocycles. The van der Waals surface area contributed by atoms with E-state index in [0.29, 0.717) is 18.3 Å². The monoisotopic (exact) mass is 348 g/mol. The summed E-state index contributed by atoms with van der Waals surface area (Å²) in [5.74, 6) is 3.43. The number of hydrogen-bond acceptors (Lipinski definition) is 5. The molecule has 132 valence electrons. The minimum atomic E-state index is 0.299. The van der Waals surface area contributed by atoms with Gasteiger partial charge in [-0.1, -0.05) is 18.2 Å². The van der Waals surface area contributed by atoms with Crippen LogP contribution < -0.4 is 9.47 Å². The summed E-state index contributed by atoms with van der Waals surface area (Å²) in [5.41, 5.74) is 0.912. The molecule has 26 heavy (non-hydrogen) atoms. The van der Waals surface area contributed by atoms with Gasteiger partial charge in [-0.05, 0) is 37.1 Å². The fourth-order valence-corrected chi connectivity index (χ4v) is 3.03. The Balaban J connectivity index is 1.58. The van der Waals surface area contributed by atoms with E-state index >= 15 is 0 Å². The fraction of sp³-hybridized carbons (Fsp3) is 0.250. The van der Waals surface area contributed by atoms with Crippen LogP contribution >= 0.6 is 0 Å². The highest BCUT2D eigenvalue weighted by Crippen LogP contribution is 2.29. The van der Waals surface area contributed by atoms with Gasteiger partial charge in [-0.2, -0.15) is 0 Å². The summed E-state index contributed by atoms with van der Waals surface area (Å²) in [6, 6.07) is 11.4. The molecule has 0 fully saturated rings. The smallest absolute Gasteiger partial charge is 0.188 e. The second kappa shape index (κ2) is 7.39. The lowest BCUT2D eigenvalue weighted by atomic mass is 10.1. The lowest BCUT2D eigenvalue weighted by molar-refractivity contribution is 0.293. The lowest BCUT2D eigenvalue weighted by Crippen LogP contribution is -2.07. The SMILES string of the molecule is COc1cccc(OCc2nc(C3CC=CC3)n(-c3cccnc3)n2)c1. The zero-order chi connectivity index (χ0) is 17.8. The summed E-state index contributed by atoms with van der Waals surface area (Å²) in [5, 5.41) is 4.66. The standard InChI is InChI=1S/C20H20N4O2/c1-25-17-9-4-10-18(12-17)26-14-19-22-20(15-6-2-3-7-15)24(23-19)16-8-5-11-21-13-16/h2-5,8-13,15H,6-7,14H2,1H3. The molecule has 6 heteroatoms. The molecule has 0 atom stereocenters. The Bertz CT molecular complexity index is 897. The van der Waals surface area contributed by atoms with E-state index in [2.05, 4.69) is 22.2 Å². The Labute approximate surface area is 152 Å². The van der Waals surface area contributed by atoms with Gasteiger partial charge >= 0.3 is 0 Å². The van der Waals surface area contributed by atoms with Gasteiger partial charge in [0.1, 0.15) is 23.9 Å². The molecule has 1 aliphatic carbocycles. The first-order valence-electron chi connectivity index (χ1n) is 8.61. The molecule has 0 radical (unpaired) electrons. The largest absolute Gasteiger partial charge is 0.497 e. The second-order valence-electron chi connectivity index (χ2n) is 6.12. The first-order chi connectivity index (χ1) is 12.8. The van der Waals surface area contributed by atoms with Crippen LogP contribution in [0.5, 0.6) is 11.5 Å².